The van der Waals surface area contributed by atoms with Gasteiger partial charge in [-0.05, 0) is 39.2 Å². The van der Waals surface area contributed by atoms with Crippen LogP contribution in [0.3, 0.4) is 0 Å². The van der Waals surface area contributed by atoms with Crippen LogP contribution in [0.2, 0.25) is 0 Å². The van der Waals surface area contributed by atoms with Gasteiger partial charge in [0.25, 0.3) is 0 Å². The summed E-state index contributed by atoms with van der Waals surface area (Å²) < 4.78 is 5.43. The first-order chi connectivity index (χ1) is 6.27. The van der Waals surface area contributed by atoms with E-state index >= 15 is 0 Å². The molecule has 0 radical (unpaired) electrons. The fourth-order valence-corrected chi connectivity index (χ4v) is 1.70. The molecular formula is C10H21NO2. The number of rotatable bonds is 5. The molecule has 78 valence electrons. The predicted octanol–water partition coefficient (Wildman–Crippen LogP) is 0.918. The summed E-state index contributed by atoms with van der Waals surface area (Å²) >= 11 is 0. The molecule has 3 heteroatoms. The Morgan fingerprint density at radius 3 is 2.92 bits per heavy atom. The van der Waals surface area contributed by atoms with E-state index in [4.69, 9.17) is 9.84 Å². The fourth-order valence-electron chi connectivity index (χ4n) is 1.70. The van der Waals surface area contributed by atoms with Crippen LogP contribution >= 0.6 is 0 Å². The van der Waals surface area contributed by atoms with Crippen LogP contribution < -0.4 is 5.32 Å². The highest BCUT2D eigenvalue weighted by molar-refractivity contribution is 4.84. The Morgan fingerprint density at radius 2 is 2.31 bits per heavy atom. The Bertz CT molecular complexity index is 133. The van der Waals surface area contributed by atoms with E-state index in [-0.39, 0.29) is 5.54 Å². The number of hydrogen-bond acceptors (Lipinski definition) is 3. The van der Waals surface area contributed by atoms with E-state index in [0.29, 0.717) is 6.61 Å². The lowest BCUT2D eigenvalue weighted by atomic mass is 9.95. The van der Waals surface area contributed by atoms with Crippen molar-refractivity contribution < 1.29 is 9.84 Å². The monoisotopic (exact) mass is 187 g/mol. The molecule has 1 saturated heterocycles. The Morgan fingerprint density at radius 1 is 1.46 bits per heavy atom. The second-order valence-electron chi connectivity index (χ2n) is 4.07. The molecule has 3 nitrogen and oxygen atoms in total. The highest BCUT2D eigenvalue weighted by atomic mass is 16.5. The zero-order chi connectivity index (χ0) is 9.57. The highest BCUT2D eigenvalue weighted by Gasteiger charge is 2.26. The number of ether oxygens (including phenoxy) is 1. The molecule has 0 spiro atoms. The standard InChI is InChI=1S/C10H21NO2/c1-10(5-4-8-13-9-10)11-6-2-3-7-12/h11-12H,2-9H2,1H3. The first-order valence-corrected chi connectivity index (χ1v) is 5.20. The van der Waals surface area contributed by atoms with Crippen LogP contribution in [-0.2, 0) is 4.74 Å². The van der Waals surface area contributed by atoms with Crippen molar-refractivity contribution in [3.63, 3.8) is 0 Å². The number of aliphatic hydroxyl groups excluding tert-OH is 1. The van der Waals surface area contributed by atoms with Crippen molar-refractivity contribution in [2.24, 2.45) is 0 Å². The normalized spacial score (nSPS) is 29.1. The molecule has 1 unspecified atom stereocenters. The van der Waals surface area contributed by atoms with E-state index in [1.165, 1.54) is 6.42 Å². The minimum Gasteiger partial charge on any atom is -0.396 e. The summed E-state index contributed by atoms with van der Waals surface area (Å²) in [5, 5.41) is 12.1. The van der Waals surface area contributed by atoms with Crippen molar-refractivity contribution in [2.45, 2.75) is 38.1 Å². The third-order valence-electron chi connectivity index (χ3n) is 2.57. The summed E-state index contributed by atoms with van der Waals surface area (Å²) in [6, 6.07) is 0. The van der Waals surface area contributed by atoms with Gasteiger partial charge < -0.3 is 15.2 Å². The van der Waals surface area contributed by atoms with E-state index in [0.717, 1.165) is 39.0 Å². The lowest BCUT2D eigenvalue weighted by Crippen LogP contribution is -2.49. The summed E-state index contributed by atoms with van der Waals surface area (Å²) in [6.45, 7) is 5.24. The van der Waals surface area contributed by atoms with Gasteiger partial charge in [0.1, 0.15) is 0 Å². The number of nitrogens with one attached hydrogen (secondary N) is 1. The van der Waals surface area contributed by atoms with Gasteiger partial charge >= 0.3 is 0 Å². The first-order valence-electron chi connectivity index (χ1n) is 5.20. The van der Waals surface area contributed by atoms with Gasteiger partial charge in [-0.25, -0.2) is 0 Å². The van der Waals surface area contributed by atoms with E-state index in [1.54, 1.807) is 0 Å². The topological polar surface area (TPSA) is 41.5 Å². The van der Waals surface area contributed by atoms with Crippen LogP contribution in [-0.4, -0.2) is 37.0 Å². The molecule has 0 aliphatic carbocycles. The van der Waals surface area contributed by atoms with Crippen molar-refractivity contribution in [3.05, 3.63) is 0 Å². The summed E-state index contributed by atoms with van der Waals surface area (Å²) in [4.78, 5) is 0. The first kappa shape index (κ1) is 11.0. The molecule has 1 fully saturated rings. The van der Waals surface area contributed by atoms with Gasteiger partial charge in [0.15, 0.2) is 0 Å². The van der Waals surface area contributed by atoms with Gasteiger partial charge in [0.05, 0.1) is 6.61 Å². The summed E-state index contributed by atoms with van der Waals surface area (Å²) in [5.41, 5.74) is 0.174. The SMILES string of the molecule is CC1(NCCCCO)CCCOC1. The number of hydrogen-bond donors (Lipinski definition) is 2. The van der Waals surface area contributed by atoms with Crippen LogP contribution in [0.25, 0.3) is 0 Å². The molecule has 0 aromatic heterocycles. The molecule has 1 aliphatic rings. The lowest BCUT2D eigenvalue weighted by molar-refractivity contribution is 0.0285. The molecule has 1 aliphatic heterocycles. The van der Waals surface area contributed by atoms with Crippen LogP contribution in [0.15, 0.2) is 0 Å². The number of unbranched alkanes of at least 4 members (excludes halogenated alkanes) is 1. The molecule has 1 heterocycles. The number of aliphatic hydroxyl groups is 1. The average molecular weight is 187 g/mol. The minimum absolute atomic E-state index is 0.174. The van der Waals surface area contributed by atoms with Crippen molar-refractivity contribution >= 4 is 0 Å². The van der Waals surface area contributed by atoms with Crippen molar-refractivity contribution in [1.29, 1.82) is 0 Å². The molecule has 0 amide bonds. The zero-order valence-electron chi connectivity index (χ0n) is 8.51. The van der Waals surface area contributed by atoms with Gasteiger partial charge in [0.2, 0.25) is 0 Å². The van der Waals surface area contributed by atoms with Crippen LogP contribution in [0.4, 0.5) is 0 Å². The predicted molar refractivity (Wildman–Crippen MR) is 52.8 cm³/mol. The maximum atomic E-state index is 8.61. The molecule has 13 heavy (non-hydrogen) atoms. The Hall–Kier alpha value is -0.120. The van der Waals surface area contributed by atoms with E-state index < -0.39 is 0 Å². The van der Waals surface area contributed by atoms with E-state index in [2.05, 4.69) is 12.2 Å². The Labute approximate surface area is 80.5 Å². The summed E-state index contributed by atoms with van der Waals surface area (Å²) in [6.07, 6.45) is 4.30. The zero-order valence-corrected chi connectivity index (χ0v) is 8.51. The van der Waals surface area contributed by atoms with Gasteiger partial charge in [-0.3, -0.25) is 0 Å². The van der Waals surface area contributed by atoms with Crippen molar-refractivity contribution in [1.82, 2.24) is 5.32 Å². The van der Waals surface area contributed by atoms with E-state index in [1.807, 2.05) is 0 Å². The van der Waals surface area contributed by atoms with Crippen molar-refractivity contribution in [3.8, 4) is 0 Å². The second-order valence-corrected chi connectivity index (χ2v) is 4.07. The lowest BCUT2D eigenvalue weighted by Gasteiger charge is -2.34. The molecule has 2 N–H and O–H groups in total. The Balaban J connectivity index is 2.10. The summed E-state index contributed by atoms with van der Waals surface area (Å²) in [5.74, 6) is 0. The molecule has 0 aromatic rings. The molecule has 0 aromatic carbocycles. The second kappa shape index (κ2) is 5.58. The maximum Gasteiger partial charge on any atom is 0.0645 e. The fraction of sp³-hybridized carbons (Fsp3) is 1.00. The van der Waals surface area contributed by atoms with Crippen LogP contribution in [0, 0.1) is 0 Å². The third kappa shape index (κ3) is 4.07. The highest BCUT2D eigenvalue weighted by Crippen LogP contribution is 2.17. The smallest absolute Gasteiger partial charge is 0.0645 e. The molecule has 0 bridgehead atoms. The third-order valence-corrected chi connectivity index (χ3v) is 2.57. The summed E-state index contributed by atoms with van der Waals surface area (Å²) in [7, 11) is 0. The molecule has 1 rings (SSSR count). The quantitative estimate of drug-likeness (QED) is 0.629. The molecular weight excluding hydrogens is 166 g/mol. The van der Waals surface area contributed by atoms with Gasteiger partial charge in [-0.2, -0.15) is 0 Å². The van der Waals surface area contributed by atoms with E-state index in [9.17, 15) is 0 Å². The minimum atomic E-state index is 0.174. The molecule has 0 saturated carbocycles. The van der Waals surface area contributed by atoms with Gasteiger partial charge in [0, 0.05) is 18.8 Å². The maximum absolute atomic E-state index is 8.61. The van der Waals surface area contributed by atoms with Gasteiger partial charge in [-0.1, -0.05) is 0 Å². The largest absolute Gasteiger partial charge is 0.396 e. The van der Waals surface area contributed by atoms with Crippen molar-refractivity contribution in [2.75, 3.05) is 26.4 Å². The van der Waals surface area contributed by atoms with Crippen LogP contribution in [0.1, 0.15) is 32.6 Å². The Kier molecular flexibility index (Phi) is 4.70. The average Bonchev–Trinajstić information content (AvgIpc) is 2.14. The van der Waals surface area contributed by atoms with Gasteiger partial charge in [-0.15, -0.1) is 0 Å². The van der Waals surface area contributed by atoms with Crippen LogP contribution in [0.5, 0.6) is 0 Å². The molecule has 1 atom stereocenters.